The minimum absolute atomic E-state index is 0.0347. The highest BCUT2D eigenvalue weighted by Crippen LogP contribution is 2.22. The number of ether oxygens (including phenoxy) is 1. The quantitative estimate of drug-likeness (QED) is 0.123. The molecule has 0 fully saturated rings. The minimum Gasteiger partial charge on any atom is -0.494 e. The SMILES string of the molecule is N=C(N)NOCCCOc1ccc(C[C@H](NS(=O)(=O)c2ccccc2Br)C(=O)O)cc1. The number of nitrogens with two attached hydrogens (primary N) is 1. The lowest BCUT2D eigenvalue weighted by Crippen LogP contribution is -2.42. The zero-order chi connectivity index (χ0) is 22.9. The zero-order valence-corrected chi connectivity index (χ0v) is 18.8. The molecule has 0 saturated heterocycles. The van der Waals surface area contributed by atoms with Gasteiger partial charge in [0.05, 0.1) is 18.1 Å². The van der Waals surface area contributed by atoms with Crippen LogP contribution in [0.25, 0.3) is 0 Å². The summed E-state index contributed by atoms with van der Waals surface area (Å²) in [6.07, 6.45) is 0.518. The third kappa shape index (κ3) is 8.17. The van der Waals surface area contributed by atoms with Crippen molar-refractivity contribution in [2.24, 2.45) is 5.73 Å². The van der Waals surface area contributed by atoms with E-state index in [4.69, 9.17) is 20.7 Å². The van der Waals surface area contributed by atoms with Gasteiger partial charge in [-0.15, -0.1) is 0 Å². The lowest BCUT2D eigenvalue weighted by atomic mass is 10.1. The Balaban J connectivity index is 1.92. The van der Waals surface area contributed by atoms with Crippen molar-refractivity contribution in [2.45, 2.75) is 23.8 Å². The van der Waals surface area contributed by atoms with Gasteiger partial charge in [-0.3, -0.25) is 15.0 Å². The number of sulfonamides is 1. The summed E-state index contributed by atoms with van der Waals surface area (Å²) in [5, 5.41) is 16.4. The predicted octanol–water partition coefficient (Wildman–Crippen LogP) is 1.61. The van der Waals surface area contributed by atoms with E-state index in [1.807, 2.05) is 0 Å². The molecule has 0 aliphatic rings. The molecule has 1 atom stereocenters. The maximum absolute atomic E-state index is 12.6. The fourth-order valence-electron chi connectivity index (χ4n) is 2.50. The van der Waals surface area contributed by atoms with E-state index < -0.39 is 22.0 Å². The van der Waals surface area contributed by atoms with Gasteiger partial charge in [0.1, 0.15) is 11.8 Å². The fraction of sp³-hybridized carbons (Fsp3) is 0.263. The Labute approximate surface area is 188 Å². The molecule has 2 rings (SSSR count). The molecule has 0 radical (unpaired) electrons. The first kappa shape index (κ1) is 24.6. The van der Waals surface area contributed by atoms with Gasteiger partial charge in [-0.2, -0.15) is 4.72 Å². The number of hydroxylamine groups is 1. The molecule has 0 saturated carbocycles. The summed E-state index contributed by atoms with van der Waals surface area (Å²) in [6, 6.07) is 11.5. The van der Waals surface area contributed by atoms with Gasteiger partial charge in [-0.25, -0.2) is 13.9 Å². The van der Waals surface area contributed by atoms with Crippen LogP contribution < -0.4 is 20.7 Å². The van der Waals surface area contributed by atoms with Gasteiger partial charge in [0.15, 0.2) is 0 Å². The van der Waals surface area contributed by atoms with Crippen molar-refractivity contribution in [2.75, 3.05) is 13.2 Å². The molecule has 168 valence electrons. The first-order valence-corrected chi connectivity index (χ1v) is 11.4. The van der Waals surface area contributed by atoms with E-state index in [0.717, 1.165) is 0 Å². The van der Waals surface area contributed by atoms with Crippen molar-refractivity contribution < 1.29 is 27.9 Å². The van der Waals surface area contributed by atoms with Crippen LogP contribution >= 0.6 is 15.9 Å². The molecule has 2 aromatic carbocycles. The van der Waals surface area contributed by atoms with Gasteiger partial charge in [0.25, 0.3) is 0 Å². The van der Waals surface area contributed by atoms with Gasteiger partial charge in [0.2, 0.25) is 16.0 Å². The summed E-state index contributed by atoms with van der Waals surface area (Å²) in [7, 11) is -4.03. The van der Waals surface area contributed by atoms with Crippen LogP contribution in [0.2, 0.25) is 0 Å². The average molecular weight is 515 g/mol. The van der Waals surface area contributed by atoms with Gasteiger partial charge in [-0.1, -0.05) is 24.3 Å². The van der Waals surface area contributed by atoms with Crippen molar-refractivity contribution in [1.29, 1.82) is 5.41 Å². The Morgan fingerprint density at radius 2 is 1.84 bits per heavy atom. The first-order chi connectivity index (χ1) is 14.7. The lowest BCUT2D eigenvalue weighted by molar-refractivity contribution is -0.138. The third-order valence-electron chi connectivity index (χ3n) is 3.93. The van der Waals surface area contributed by atoms with Gasteiger partial charge < -0.3 is 15.6 Å². The highest BCUT2D eigenvalue weighted by Gasteiger charge is 2.27. The fourth-order valence-corrected chi connectivity index (χ4v) is 4.69. The van der Waals surface area contributed by atoms with Crippen LogP contribution in [0.4, 0.5) is 0 Å². The molecule has 0 aromatic heterocycles. The highest BCUT2D eigenvalue weighted by molar-refractivity contribution is 9.10. The number of benzene rings is 2. The van der Waals surface area contributed by atoms with Crippen LogP contribution in [-0.2, 0) is 26.1 Å². The second-order valence-corrected chi connectivity index (χ2v) is 8.89. The van der Waals surface area contributed by atoms with E-state index in [9.17, 15) is 18.3 Å². The Hall–Kier alpha value is -2.67. The number of rotatable bonds is 12. The van der Waals surface area contributed by atoms with Crippen LogP contribution in [0.15, 0.2) is 57.9 Å². The molecule has 0 bridgehead atoms. The summed E-state index contributed by atoms with van der Waals surface area (Å²) in [6.45, 7) is 0.665. The molecular weight excluding hydrogens is 492 g/mol. The standard InChI is InChI=1S/C19H23BrN4O6S/c20-15-4-1-2-5-17(15)31(27,28)24-16(18(25)26)12-13-6-8-14(9-7-13)29-10-3-11-30-23-19(21)22/h1-2,4-9,16,24H,3,10-12H2,(H,25,26)(H4,21,22,23)/t16-/m0/s1. The first-order valence-electron chi connectivity index (χ1n) is 9.12. The van der Waals surface area contributed by atoms with Crippen LogP contribution in [0.5, 0.6) is 5.75 Å². The second-order valence-electron chi connectivity index (χ2n) is 6.36. The van der Waals surface area contributed by atoms with Crippen molar-refractivity contribution in [3.63, 3.8) is 0 Å². The number of halogens is 1. The smallest absolute Gasteiger partial charge is 0.322 e. The van der Waals surface area contributed by atoms with Crippen molar-refractivity contribution in [3.05, 3.63) is 58.6 Å². The van der Waals surface area contributed by atoms with Crippen molar-refractivity contribution >= 4 is 37.9 Å². The Bertz CT molecular complexity index is 1000. The highest BCUT2D eigenvalue weighted by atomic mass is 79.9. The third-order valence-corrected chi connectivity index (χ3v) is 6.41. The van der Waals surface area contributed by atoms with Crippen LogP contribution in [0.1, 0.15) is 12.0 Å². The van der Waals surface area contributed by atoms with Gasteiger partial charge >= 0.3 is 5.97 Å². The van der Waals surface area contributed by atoms with E-state index in [-0.39, 0.29) is 17.3 Å². The summed E-state index contributed by atoms with van der Waals surface area (Å²) in [5.41, 5.74) is 7.92. The van der Waals surface area contributed by atoms with Gasteiger partial charge in [0, 0.05) is 10.9 Å². The molecular formula is C19H23BrN4O6S. The lowest BCUT2D eigenvalue weighted by Gasteiger charge is -2.16. The Morgan fingerprint density at radius 1 is 1.16 bits per heavy atom. The molecule has 0 aliphatic heterocycles. The summed E-state index contributed by atoms with van der Waals surface area (Å²) in [5.74, 6) is -0.992. The molecule has 0 unspecified atom stereocenters. The van der Waals surface area contributed by atoms with Crippen molar-refractivity contribution in [3.8, 4) is 5.75 Å². The minimum atomic E-state index is -4.03. The molecule has 0 amide bonds. The van der Waals surface area contributed by atoms with E-state index in [0.29, 0.717) is 35.4 Å². The molecule has 12 heteroatoms. The number of carboxylic acid groups (broad SMARTS) is 1. The molecule has 0 spiro atoms. The number of carbonyl (C=O) groups is 1. The zero-order valence-electron chi connectivity index (χ0n) is 16.4. The molecule has 10 nitrogen and oxygen atoms in total. The number of hydrogen-bond acceptors (Lipinski definition) is 6. The maximum atomic E-state index is 12.6. The summed E-state index contributed by atoms with van der Waals surface area (Å²) in [4.78, 5) is 16.5. The maximum Gasteiger partial charge on any atom is 0.322 e. The Kier molecular flexibility index (Phi) is 9.24. The predicted molar refractivity (Wildman–Crippen MR) is 117 cm³/mol. The summed E-state index contributed by atoms with van der Waals surface area (Å²) >= 11 is 3.17. The van der Waals surface area contributed by atoms with Crippen LogP contribution in [0, 0.1) is 5.41 Å². The van der Waals surface area contributed by atoms with Crippen LogP contribution in [-0.4, -0.2) is 44.7 Å². The number of aliphatic carboxylic acids is 1. The van der Waals surface area contributed by atoms with Gasteiger partial charge in [-0.05, 0) is 52.2 Å². The van der Waals surface area contributed by atoms with E-state index >= 15 is 0 Å². The number of guanidine groups is 1. The largest absolute Gasteiger partial charge is 0.494 e. The topological polar surface area (TPSA) is 164 Å². The Morgan fingerprint density at radius 3 is 2.45 bits per heavy atom. The molecule has 0 heterocycles. The van der Waals surface area contributed by atoms with E-state index in [2.05, 4.69) is 26.1 Å². The van der Waals surface area contributed by atoms with E-state index in [1.165, 1.54) is 6.07 Å². The molecule has 31 heavy (non-hydrogen) atoms. The number of hydrogen-bond donors (Lipinski definition) is 5. The average Bonchev–Trinajstić information content (AvgIpc) is 2.71. The molecule has 0 aliphatic carbocycles. The molecule has 6 N–H and O–H groups in total. The van der Waals surface area contributed by atoms with E-state index in [1.54, 1.807) is 42.5 Å². The monoisotopic (exact) mass is 514 g/mol. The van der Waals surface area contributed by atoms with Crippen molar-refractivity contribution in [1.82, 2.24) is 10.2 Å². The van der Waals surface area contributed by atoms with Crippen LogP contribution in [0.3, 0.4) is 0 Å². The second kappa shape index (κ2) is 11.6. The normalized spacial score (nSPS) is 12.2. The number of carboxylic acids is 1. The molecule has 2 aromatic rings. The summed E-state index contributed by atoms with van der Waals surface area (Å²) < 4.78 is 33.3. The number of nitrogens with one attached hydrogen (secondary N) is 3.